The van der Waals surface area contributed by atoms with Crippen molar-refractivity contribution in [3.05, 3.63) is 53.6 Å². The van der Waals surface area contributed by atoms with Gasteiger partial charge >= 0.3 is 0 Å². The molecule has 1 saturated heterocycles. The van der Waals surface area contributed by atoms with E-state index in [-0.39, 0.29) is 18.7 Å². The molecule has 1 fully saturated rings. The van der Waals surface area contributed by atoms with Crippen molar-refractivity contribution >= 4 is 17.3 Å². The number of rotatable bonds is 3. The van der Waals surface area contributed by atoms with Crippen molar-refractivity contribution in [2.45, 2.75) is 12.5 Å². The molecule has 126 valence electrons. The first-order chi connectivity index (χ1) is 11.4. The lowest BCUT2D eigenvalue weighted by atomic mass is 10.2. The summed E-state index contributed by atoms with van der Waals surface area (Å²) in [6, 6.07) is 4.36. The highest BCUT2D eigenvalue weighted by molar-refractivity contribution is 6.01. The van der Waals surface area contributed by atoms with E-state index in [9.17, 15) is 26.7 Å². The number of nitrogens with zero attached hydrogens (tertiary/aromatic N) is 2. The molecule has 1 aliphatic rings. The number of halogens is 5. The number of carbonyl (C=O) groups excluding carboxylic acids is 1. The van der Waals surface area contributed by atoms with Gasteiger partial charge in [-0.2, -0.15) is 22.5 Å². The van der Waals surface area contributed by atoms with Gasteiger partial charge < -0.3 is 10.2 Å². The van der Waals surface area contributed by atoms with Crippen molar-refractivity contribution in [2.24, 2.45) is 0 Å². The fourth-order valence-corrected chi connectivity index (χ4v) is 2.51. The molecule has 0 bridgehead atoms. The van der Waals surface area contributed by atoms with Gasteiger partial charge in [-0.1, -0.05) is 12.1 Å². The monoisotopic (exact) mass is 343 g/mol. The number of aromatic nitrogens is 1. The Labute approximate surface area is 132 Å². The average molecular weight is 343 g/mol. The average Bonchev–Trinajstić information content (AvgIpc) is 2.91. The molecule has 24 heavy (non-hydrogen) atoms. The van der Waals surface area contributed by atoms with Crippen LogP contribution in [0.25, 0.3) is 0 Å². The Balaban J connectivity index is 1.87. The van der Waals surface area contributed by atoms with E-state index in [1.165, 1.54) is 18.2 Å². The standard InChI is InChI=1S/C15H10F5N3O/c16-7-3-1-2-4-9(7)23-6-5-8(15(23)24)21-12-10(17)13(19)22-14(20)11(12)18/h1-4,8H,5-6H2,(H,21,22). The first-order valence-corrected chi connectivity index (χ1v) is 6.92. The molecule has 1 atom stereocenters. The lowest BCUT2D eigenvalue weighted by Crippen LogP contribution is -2.34. The van der Waals surface area contributed by atoms with Gasteiger partial charge in [-0.15, -0.1) is 0 Å². The SMILES string of the molecule is O=C1C(Nc2c(F)c(F)nc(F)c2F)CCN1c1ccccc1F. The molecule has 2 heterocycles. The quantitative estimate of drug-likeness (QED) is 0.688. The van der Waals surface area contributed by atoms with Gasteiger partial charge in [0.1, 0.15) is 17.5 Å². The largest absolute Gasteiger partial charge is 0.369 e. The van der Waals surface area contributed by atoms with Crippen LogP contribution in [0.5, 0.6) is 0 Å². The van der Waals surface area contributed by atoms with E-state index in [2.05, 4.69) is 10.3 Å². The van der Waals surface area contributed by atoms with E-state index in [4.69, 9.17) is 0 Å². The van der Waals surface area contributed by atoms with Crippen LogP contribution in [-0.2, 0) is 4.79 Å². The van der Waals surface area contributed by atoms with Gasteiger partial charge in [-0.25, -0.2) is 4.39 Å². The zero-order valence-electron chi connectivity index (χ0n) is 12.0. The molecule has 1 aliphatic heterocycles. The fraction of sp³-hybridized carbons (Fsp3) is 0.200. The Morgan fingerprint density at radius 2 is 1.67 bits per heavy atom. The number of nitrogens with one attached hydrogen (secondary N) is 1. The van der Waals surface area contributed by atoms with Gasteiger partial charge in [0.05, 0.1) is 5.69 Å². The number of anilines is 2. The van der Waals surface area contributed by atoms with Crippen LogP contribution in [0.2, 0.25) is 0 Å². The van der Waals surface area contributed by atoms with E-state index in [1.54, 1.807) is 0 Å². The van der Waals surface area contributed by atoms with Gasteiger partial charge in [0.25, 0.3) is 11.9 Å². The minimum absolute atomic E-state index is 0.0137. The van der Waals surface area contributed by atoms with Gasteiger partial charge in [0, 0.05) is 6.54 Å². The summed E-state index contributed by atoms with van der Waals surface area (Å²) in [7, 11) is 0. The number of carbonyl (C=O) groups is 1. The van der Waals surface area contributed by atoms with Crippen molar-refractivity contribution in [1.82, 2.24) is 4.98 Å². The molecule has 1 aromatic heterocycles. The lowest BCUT2D eigenvalue weighted by Gasteiger charge is -2.18. The zero-order valence-corrected chi connectivity index (χ0v) is 12.0. The van der Waals surface area contributed by atoms with E-state index in [0.717, 1.165) is 11.0 Å². The summed E-state index contributed by atoms with van der Waals surface area (Å²) in [6.07, 6.45) is 0.0671. The van der Waals surface area contributed by atoms with Crippen LogP contribution >= 0.6 is 0 Å². The highest BCUT2D eigenvalue weighted by atomic mass is 19.2. The van der Waals surface area contributed by atoms with Crippen LogP contribution in [0.3, 0.4) is 0 Å². The van der Waals surface area contributed by atoms with Crippen LogP contribution in [0.1, 0.15) is 6.42 Å². The van der Waals surface area contributed by atoms with Gasteiger partial charge in [-0.05, 0) is 18.6 Å². The molecule has 1 N–H and O–H groups in total. The number of benzene rings is 1. The highest BCUT2D eigenvalue weighted by Crippen LogP contribution is 2.28. The molecular formula is C15H10F5N3O. The molecule has 3 rings (SSSR count). The van der Waals surface area contributed by atoms with Crippen molar-refractivity contribution in [1.29, 1.82) is 0 Å². The van der Waals surface area contributed by atoms with E-state index < -0.39 is 47.0 Å². The maximum atomic E-state index is 13.8. The predicted octanol–water partition coefficient (Wildman–Crippen LogP) is 2.99. The molecule has 1 amide bonds. The van der Waals surface area contributed by atoms with Crippen LogP contribution < -0.4 is 10.2 Å². The van der Waals surface area contributed by atoms with Crippen LogP contribution in [0.4, 0.5) is 33.3 Å². The minimum Gasteiger partial charge on any atom is -0.369 e. The summed E-state index contributed by atoms with van der Waals surface area (Å²) < 4.78 is 67.2. The molecule has 1 aromatic carbocycles. The summed E-state index contributed by atoms with van der Waals surface area (Å²) in [5.74, 6) is -8.42. The Morgan fingerprint density at radius 3 is 2.29 bits per heavy atom. The van der Waals surface area contributed by atoms with Crippen molar-refractivity contribution < 1.29 is 26.7 Å². The normalized spacial score (nSPS) is 17.5. The maximum Gasteiger partial charge on any atom is 0.253 e. The maximum absolute atomic E-state index is 13.8. The first kappa shape index (κ1) is 16.2. The van der Waals surface area contributed by atoms with Gasteiger partial charge in [0.2, 0.25) is 17.5 Å². The van der Waals surface area contributed by atoms with Crippen LogP contribution in [0, 0.1) is 29.3 Å². The van der Waals surface area contributed by atoms with E-state index in [1.807, 2.05) is 0 Å². The molecule has 0 saturated carbocycles. The first-order valence-electron chi connectivity index (χ1n) is 6.92. The molecule has 1 unspecified atom stereocenters. The molecule has 2 aromatic rings. The second-order valence-electron chi connectivity index (χ2n) is 5.12. The lowest BCUT2D eigenvalue weighted by molar-refractivity contribution is -0.117. The third-order valence-electron chi connectivity index (χ3n) is 3.66. The summed E-state index contributed by atoms with van der Waals surface area (Å²) in [6.45, 7) is 0.0801. The minimum atomic E-state index is -1.83. The fourth-order valence-electron chi connectivity index (χ4n) is 2.51. The molecule has 0 spiro atoms. The van der Waals surface area contributed by atoms with Gasteiger partial charge in [0.15, 0.2) is 0 Å². The summed E-state index contributed by atoms with van der Waals surface area (Å²) in [5, 5.41) is 2.14. The Kier molecular flexibility index (Phi) is 4.08. The summed E-state index contributed by atoms with van der Waals surface area (Å²) in [5.41, 5.74) is -1.10. The Bertz CT molecular complexity index is 788. The molecule has 9 heteroatoms. The predicted molar refractivity (Wildman–Crippen MR) is 74.8 cm³/mol. The van der Waals surface area contributed by atoms with Crippen molar-refractivity contribution in [2.75, 3.05) is 16.8 Å². The Hall–Kier alpha value is -2.71. The second-order valence-corrected chi connectivity index (χ2v) is 5.12. The van der Waals surface area contributed by atoms with E-state index in [0.29, 0.717) is 0 Å². The molecule has 0 radical (unpaired) electrons. The Morgan fingerprint density at radius 1 is 1.04 bits per heavy atom. The number of pyridine rings is 1. The molecular weight excluding hydrogens is 333 g/mol. The zero-order chi connectivity index (χ0) is 17.4. The summed E-state index contributed by atoms with van der Waals surface area (Å²) in [4.78, 5) is 15.8. The number of hydrogen-bond donors (Lipinski definition) is 1. The number of hydrogen-bond acceptors (Lipinski definition) is 3. The topological polar surface area (TPSA) is 45.2 Å². The third-order valence-corrected chi connectivity index (χ3v) is 3.66. The van der Waals surface area contributed by atoms with Crippen molar-refractivity contribution in [3.63, 3.8) is 0 Å². The summed E-state index contributed by atoms with van der Waals surface area (Å²) >= 11 is 0. The second kappa shape index (κ2) is 6.06. The van der Waals surface area contributed by atoms with Crippen molar-refractivity contribution in [3.8, 4) is 0 Å². The van der Waals surface area contributed by atoms with E-state index >= 15 is 0 Å². The third kappa shape index (κ3) is 2.66. The number of amides is 1. The van der Waals surface area contributed by atoms with Crippen LogP contribution in [0.15, 0.2) is 24.3 Å². The highest BCUT2D eigenvalue weighted by Gasteiger charge is 2.35. The molecule has 0 aliphatic carbocycles. The smallest absolute Gasteiger partial charge is 0.253 e. The van der Waals surface area contributed by atoms with Gasteiger partial charge in [-0.3, -0.25) is 4.79 Å². The van der Waals surface area contributed by atoms with Crippen LogP contribution in [-0.4, -0.2) is 23.5 Å². The number of para-hydroxylation sites is 1. The molecule has 4 nitrogen and oxygen atoms in total.